The summed E-state index contributed by atoms with van der Waals surface area (Å²) >= 11 is 0. The molecule has 0 aliphatic rings. The Labute approximate surface area is 160 Å². The molecule has 2 aromatic carbocycles. The monoisotopic (exact) mass is 375 g/mol. The van der Waals surface area contributed by atoms with Crippen molar-refractivity contribution < 1.29 is 18.7 Å². The van der Waals surface area contributed by atoms with E-state index in [4.69, 9.17) is 13.9 Å². The normalized spacial score (nSPS) is 10.6. The number of ether oxygens (including phenoxy) is 2. The minimum atomic E-state index is -0.278. The molecule has 7 heteroatoms. The number of benzene rings is 2. The van der Waals surface area contributed by atoms with Gasteiger partial charge in [-0.25, -0.2) is 4.98 Å². The number of rotatable bonds is 5. The van der Waals surface area contributed by atoms with E-state index >= 15 is 0 Å². The maximum absolute atomic E-state index is 12.6. The quantitative estimate of drug-likeness (QED) is 0.564. The number of carbonyl (C=O) groups is 1. The van der Waals surface area contributed by atoms with Crippen LogP contribution in [0.3, 0.4) is 0 Å². The summed E-state index contributed by atoms with van der Waals surface area (Å²) in [4.78, 5) is 21.1. The highest BCUT2D eigenvalue weighted by atomic mass is 16.5. The van der Waals surface area contributed by atoms with Crippen molar-refractivity contribution >= 4 is 22.7 Å². The summed E-state index contributed by atoms with van der Waals surface area (Å²) in [5.41, 5.74) is 3.23. The first-order valence-corrected chi connectivity index (χ1v) is 8.52. The molecule has 0 unspecified atom stereocenters. The van der Waals surface area contributed by atoms with Crippen LogP contribution in [0, 0.1) is 0 Å². The highest BCUT2D eigenvalue weighted by Gasteiger charge is 2.14. The van der Waals surface area contributed by atoms with Gasteiger partial charge in [-0.15, -0.1) is 0 Å². The number of methoxy groups -OCH3 is 2. The van der Waals surface area contributed by atoms with Crippen LogP contribution < -0.4 is 14.8 Å². The zero-order chi connectivity index (χ0) is 19.5. The Morgan fingerprint density at radius 2 is 1.86 bits per heavy atom. The number of nitrogens with one attached hydrogen (secondary N) is 1. The summed E-state index contributed by atoms with van der Waals surface area (Å²) in [5.74, 6) is 1.28. The molecule has 2 heterocycles. The molecule has 0 aliphatic carbocycles. The molecule has 0 bridgehead atoms. The lowest BCUT2D eigenvalue weighted by atomic mass is 10.1. The van der Waals surface area contributed by atoms with E-state index in [-0.39, 0.29) is 5.91 Å². The molecule has 0 saturated heterocycles. The second-order valence-corrected chi connectivity index (χ2v) is 5.96. The Morgan fingerprint density at radius 1 is 1.04 bits per heavy atom. The van der Waals surface area contributed by atoms with Crippen molar-refractivity contribution in [3.8, 4) is 23.0 Å². The van der Waals surface area contributed by atoms with Gasteiger partial charge in [0, 0.05) is 23.5 Å². The summed E-state index contributed by atoms with van der Waals surface area (Å²) in [6, 6.07) is 14.1. The molecule has 0 fully saturated rings. The Morgan fingerprint density at radius 3 is 2.57 bits per heavy atom. The van der Waals surface area contributed by atoms with E-state index in [1.807, 2.05) is 12.1 Å². The van der Waals surface area contributed by atoms with Gasteiger partial charge >= 0.3 is 0 Å². The fraction of sp³-hybridized carbons (Fsp3) is 0.0952. The lowest BCUT2D eigenvalue weighted by Gasteiger charge is -2.11. The minimum absolute atomic E-state index is 0.278. The topological polar surface area (TPSA) is 86.5 Å². The van der Waals surface area contributed by atoms with Crippen LogP contribution in [-0.2, 0) is 0 Å². The molecule has 0 atom stereocenters. The number of pyridine rings is 1. The van der Waals surface area contributed by atoms with Crippen molar-refractivity contribution in [2.45, 2.75) is 0 Å². The standard InChI is InChI=1S/C21H17N3O4/c1-26-15-7-8-16(18(11-15)27-2)20(25)23-14-5-3-13(4-6-14)21-24-17-9-10-22-12-19(17)28-21/h3-12H,1-2H3,(H,23,25). The van der Waals surface area contributed by atoms with Crippen molar-refractivity contribution in [3.05, 3.63) is 66.5 Å². The summed E-state index contributed by atoms with van der Waals surface area (Å²) in [7, 11) is 3.07. The molecule has 0 spiro atoms. The lowest BCUT2D eigenvalue weighted by Crippen LogP contribution is -2.13. The van der Waals surface area contributed by atoms with Crippen molar-refractivity contribution in [2.24, 2.45) is 0 Å². The summed E-state index contributed by atoms with van der Waals surface area (Å²) in [6.07, 6.45) is 3.30. The van der Waals surface area contributed by atoms with E-state index in [1.54, 1.807) is 55.9 Å². The van der Waals surface area contributed by atoms with Crippen LogP contribution in [0.4, 0.5) is 5.69 Å². The second kappa shape index (κ2) is 7.40. The van der Waals surface area contributed by atoms with Gasteiger partial charge in [0.2, 0.25) is 5.89 Å². The van der Waals surface area contributed by atoms with E-state index in [2.05, 4.69) is 15.3 Å². The summed E-state index contributed by atoms with van der Waals surface area (Å²) in [5, 5.41) is 2.85. The Hall–Kier alpha value is -3.87. The number of amides is 1. The molecule has 0 radical (unpaired) electrons. The molecule has 4 aromatic rings. The number of aromatic nitrogens is 2. The first-order chi connectivity index (χ1) is 13.7. The third kappa shape index (κ3) is 3.37. The van der Waals surface area contributed by atoms with Gasteiger partial charge in [0.1, 0.15) is 17.0 Å². The fourth-order valence-electron chi connectivity index (χ4n) is 2.78. The van der Waals surface area contributed by atoms with Crippen LogP contribution in [0.2, 0.25) is 0 Å². The van der Waals surface area contributed by atoms with Gasteiger partial charge in [0.25, 0.3) is 5.91 Å². The molecule has 1 amide bonds. The highest BCUT2D eigenvalue weighted by Crippen LogP contribution is 2.27. The van der Waals surface area contributed by atoms with Crippen molar-refractivity contribution in [3.63, 3.8) is 0 Å². The van der Waals surface area contributed by atoms with E-state index in [1.165, 1.54) is 7.11 Å². The molecule has 1 N–H and O–H groups in total. The molecule has 0 aliphatic heterocycles. The van der Waals surface area contributed by atoms with Gasteiger partial charge in [0.05, 0.1) is 26.0 Å². The number of anilines is 1. The number of hydrogen-bond donors (Lipinski definition) is 1. The van der Waals surface area contributed by atoms with E-state index in [9.17, 15) is 4.79 Å². The lowest BCUT2D eigenvalue weighted by molar-refractivity contribution is 0.102. The highest BCUT2D eigenvalue weighted by molar-refractivity contribution is 6.06. The maximum atomic E-state index is 12.6. The molecule has 7 nitrogen and oxygen atoms in total. The van der Waals surface area contributed by atoms with Gasteiger partial charge in [-0.3, -0.25) is 9.78 Å². The minimum Gasteiger partial charge on any atom is -0.497 e. The molecule has 4 rings (SSSR count). The largest absolute Gasteiger partial charge is 0.497 e. The number of carbonyl (C=O) groups excluding carboxylic acids is 1. The van der Waals surface area contributed by atoms with Gasteiger partial charge in [-0.2, -0.15) is 0 Å². The maximum Gasteiger partial charge on any atom is 0.259 e. The third-order valence-corrected chi connectivity index (χ3v) is 4.23. The molecule has 28 heavy (non-hydrogen) atoms. The molecular formula is C21H17N3O4. The average molecular weight is 375 g/mol. The van der Waals surface area contributed by atoms with Gasteiger partial charge in [-0.05, 0) is 42.5 Å². The Balaban J connectivity index is 1.54. The van der Waals surface area contributed by atoms with Crippen LogP contribution >= 0.6 is 0 Å². The van der Waals surface area contributed by atoms with Crippen molar-refractivity contribution in [1.82, 2.24) is 9.97 Å². The Bertz CT molecular complexity index is 1100. The smallest absolute Gasteiger partial charge is 0.259 e. The predicted octanol–water partition coefficient (Wildman–Crippen LogP) is 4.16. The van der Waals surface area contributed by atoms with Gasteiger partial charge in [0.15, 0.2) is 5.58 Å². The summed E-state index contributed by atoms with van der Waals surface area (Å²) in [6.45, 7) is 0. The molecule has 0 saturated carbocycles. The number of nitrogens with zero attached hydrogens (tertiary/aromatic N) is 2. The Kier molecular flexibility index (Phi) is 4.63. The third-order valence-electron chi connectivity index (χ3n) is 4.23. The van der Waals surface area contributed by atoms with Crippen LogP contribution in [-0.4, -0.2) is 30.1 Å². The molecular weight excluding hydrogens is 358 g/mol. The van der Waals surface area contributed by atoms with E-state index in [0.717, 1.165) is 11.1 Å². The van der Waals surface area contributed by atoms with Crippen LogP contribution in [0.15, 0.2) is 65.3 Å². The fourth-order valence-corrected chi connectivity index (χ4v) is 2.78. The predicted molar refractivity (Wildman–Crippen MR) is 105 cm³/mol. The average Bonchev–Trinajstić information content (AvgIpc) is 3.18. The summed E-state index contributed by atoms with van der Waals surface area (Å²) < 4.78 is 16.1. The zero-order valence-corrected chi connectivity index (χ0v) is 15.3. The zero-order valence-electron chi connectivity index (χ0n) is 15.3. The number of oxazole rings is 1. The van der Waals surface area contributed by atoms with E-state index in [0.29, 0.717) is 34.2 Å². The first-order valence-electron chi connectivity index (χ1n) is 8.52. The van der Waals surface area contributed by atoms with Gasteiger partial charge < -0.3 is 19.2 Å². The SMILES string of the molecule is COc1ccc(C(=O)Nc2ccc(-c3nc4ccncc4o3)cc2)c(OC)c1. The first kappa shape index (κ1) is 17.5. The van der Waals surface area contributed by atoms with Crippen molar-refractivity contribution in [1.29, 1.82) is 0 Å². The number of fused-ring (bicyclic) bond motifs is 1. The molecule has 2 aromatic heterocycles. The van der Waals surface area contributed by atoms with Crippen LogP contribution in [0.25, 0.3) is 22.6 Å². The molecule has 140 valence electrons. The van der Waals surface area contributed by atoms with E-state index < -0.39 is 0 Å². The van der Waals surface area contributed by atoms with Crippen LogP contribution in [0.5, 0.6) is 11.5 Å². The number of hydrogen-bond acceptors (Lipinski definition) is 6. The second-order valence-electron chi connectivity index (χ2n) is 5.96. The van der Waals surface area contributed by atoms with Crippen molar-refractivity contribution in [2.75, 3.05) is 19.5 Å². The van der Waals surface area contributed by atoms with Gasteiger partial charge in [-0.1, -0.05) is 0 Å². The van der Waals surface area contributed by atoms with Crippen LogP contribution in [0.1, 0.15) is 10.4 Å².